The predicted octanol–water partition coefficient (Wildman–Crippen LogP) is 6.60. The van der Waals surface area contributed by atoms with E-state index in [4.69, 9.17) is 6.58 Å². The van der Waals surface area contributed by atoms with Gasteiger partial charge < -0.3 is 0 Å². The average molecular weight is 271 g/mol. The fourth-order valence-corrected chi connectivity index (χ4v) is 2.61. The summed E-state index contributed by atoms with van der Waals surface area (Å²) in [5.41, 5.74) is 2.55. The third-order valence-electron chi connectivity index (χ3n) is 3.99. The molecule has 0 aliphatic carbocycles. The van der Waals surface area contributed by atoms with Crippen LogP contribution in [0.4, 0.5) is 0 Å². The highest BCUT2D eigenvalue weighted by Gasteiger charge is 1.95. The van der Waals surface area contributed by atoms with Crippen LogP contribution in [0.15, 0.2) is 24.3 Å². The van der Waals surface area contributed by atoms with E-state index in [9.17, 15) is 0 Å². The first-order chi connectivity index (χ1) is 9.86. The Morgan fingerprint density at radius 1 is 0.750 bits per heavy atom. The Bertz CT molecular complexity index is 334. The maximum Gasteiger partial charge on any atom is -0.0256 e. The van der Waals surface area contributed by atoms with E-state index in [0.29, 0.717) is 0 Å². The summed E-state index contributed by atoms with van der Waals surface area (Å²) in [6.07, 6.45) is 16.9. The van der Waals surface area contributed by atoms with Gasteiger partial charge in [0.15, 0.2) is 0 Å². The van der Waals surface area contributed by atoms with Gasteiger partial charge in [-0.3, -0.25) is 0 Å². The molecule has 0 fully saturated rings. The zero-order valence-electron chi connectivity index (χ0n) is 13.2. The Morgan fingerprint density at radius 2 is 1.25 bits per heavy atom. The van der Waals surface area contributed by atoms with Crippen LogP contribution in [-0.2, 0) is 6.42 Å². The van der Waals surface area contributed by atoms with Crippen LogP contribution >= 0.6 is 0 Å². The van der Waals surface area contributed by atoms with Crippen LogP contribution in [0.1, 0.15) is 82.3 Å². The fraction of sp³-hybridized carbons (Fsp3) is 0.600. The van der Waals surface area contributed by atoms with Gasteiger partial charge in [-0.2, -0.15) is 0 Å². The molecule has 111 valence electrons. The summed E-state index contributed by atoms with van der Waals surface area (Å²) < 4.78 is 0. The number of aryl methyl sites for hydroxylation is 1. The summed E-state index contributed by atoms with van der Waals surface area (Å²) >= 11 is 0. The minimum absolute atomic E-state index is 1.11. The van der Waals surface area contributed by atoms with Crippen molar-refractivity contribution in [2.24, 2.45) is 0 Å². The molecule has 1 radical (unpaired) electrons. The number of unbranched alkanes of at least 4 members (excludes halogenated alkanes) is 9. The fourth-order valence-electron chi connectivity index (χ4n) is 2.61. The maximum absolute atomic E-state index is 5.48. The van der Waals surface area contributed by atoms with Crippen molar-refractivity contribution in [2.75, 3.05) is 0 Å². The van der Waals surface area contributed by atoms with Crippen molar-refractivity contribution < 1.29 is 0 Å². The van der Waals surface area contributed by atoms with Crippen LogP contribution in [0.3, 0.4) is 0 Å². The minimum Gasteiger partial charge on any atom is -0.0654 e. The first-order valence-corrected chi connectivity index (χ1v) is 8.50. The molecule has 0 spiro atoms. The quantitative estimate of drug-likeness (QED) is 0.376. The highest BCUT2D eigenvalue weighted by atomic mass is 14.0. The largest absolute Gasteiger partial charge is 0.0654 e. The van der Waals surface area contributed by atoms with Crippen LogP contribution in [-0.4, -0.2) is 0 Å². The Morgan fingerprint density at radius 3 is 1.75 bits per heavy atom. The van der Waals surface area contributed by atoms with Gasteiger partial charge in [-0.05, 0) is 24.0 Å². The number of rotatable bonds is 12. The standard InChI is InChI=1S/C20H31/c1-3-5-6-7-8-9-10-11-12-13-14-20-17-15-19(4-2)16-18-20/h2,4,15-18H,3,5-14H2,1H3. The van der Waals surface area contributed by atoms with Gasteiger partial charge in [0.05, 0.1) is 0 Å². The molecule has 0 heteroatoms. The van der Waals surface area contributed by atoms with Crippen LogP contribution in [0.5, 0.6) is 0 Å². The number of hydrogen-bond acceptors (Lipinski definition) is 0. The zero-order valence-corrected chi connectivity index (χ0v) is 13.2. The molecule has 0 amide bonds. The van der Waals surface area contributed by atoms with Crippen molar-refractivity contribution in [3.8, 4) is 0 Å². The van der Waals surface area contributed by atoms with E-state index in [0.717, 1.165) is 5.56 Å². The van der Waals surface area contributed by atoms with Gasteiger partial charge in [-0.1, -0.05) is 102 Å². The van der Waals surface area contributed by atoms with Gasteiger partial charge in [-0.25, -0.2) is 0 Å². The molecule has 0 atom stereocenters. The van der Waals surface area contributed by atoms with Crippen molar-refractivity contribution in [1.82, 2.24) is 0 Å². The average Bonchev–Trinajstić information content (AvgIpc) is 2.50. The Balaban J connectivity index is 1.92. The van der Waals surface area contributed by atoms with Crippen molar-refractivity contribution in [2.45, 2.75) is 77.6 Å². The van der Waals surface area contributed by atoms with Crippen molar-refractivity contribution >= 4 is 6.08 Å². The van der Waals surface area contributed by atoms with Crippen LogP contribution < -0.4 is 0 Å². The molecular weight excluding hydrogens is 240 g/mol. The van der Waals surface area contributed by atoms with E-state index in [2.05, 4.69) is 31.2 Å². The molecule has 0 saturated carbocycles. The summed E-state index contributed by atoms with van der Waals surface area (Å²) in [6, 6.07) is 8.61. The molecule has 0 aromatic heterocycles. The molecule has 20 heavy (non-hydrogen) atoms. The van der Waals surface area contributed by atoms with E-state index in [1.807, 2.05) is 0 Å². The van der Waals surface area contributed by atoms with Gasteiger partial charge in [0.1, 0.15) is 0 Å². The molecule has 0 bridgehead atoms. The van der Waals surface area contributed by atoms with E-state index < -0.39 is 0 Å². The third kappa shape index (κ3) is 8.19. The monoisotopic (exact) mass is 271 g/mol. The highest BCUT2D eigenvalue weighted by Crippen LogP contribution is 2.13. The van der Waals surface area contributed by atoms with Gasteiger partial charge in [0, 0.05) is 0 Å². The molecule has 0 N–H and O–H groups in total. The van der Waals surface area contributed by atoms with Crippen LogP contribution in [0, 0.1) is 6.58 Å². The van der Waals surface area contributed by atoms with E-state index in [-0.39, 0.29) is 0 Å². The Hall–Kier alpha value is -1.04. The molecule has 0 saturated heterocycles. The maximum atomic E-state index is 5.48. The first kappa shape index (κ1) is 17.0. The van der Waals surface area contributed by atoms with Crippen LogP contribution in [0.2, 0.25) is 0 Å². The summed E-state index contributed by atoms with van der Waals surface area (Å²) in [6.45, 7) is 7.76. The molecule has 1 aromatic carbocycles. The van der Waals surface area contributed by atoms with Crippen molar-refractivity contribution in [1.29, 1.82) is 0 Å². The lowest BCUT2D eigenvalue weighted by molar-refractivity contribution is 0.556. The zero-order chi connectivity index (χ0) is 14.5. The lowest BCUT2D eigenvalue weighted by atomic mass is 10.0. The van der Waals surface area contributed by atoms with Gasteiger partial charge in [0.2, 0.25) is 0 Å². The minimum atomic E-state index is 1.11. The van der Waals surface area contributed by atoms with Crippen LogP contribution in [0.25, 0.3) is 6.08 Å². The SMILES string of the molecule is [CH]=Cc1ccc(CCCCCCCCCCCC)cc1. The number of hydrogen-bond donors (Lipinski definition) is 0. The molecule has 0 aliphatic heterocycles. The van der Waals surface area contributed by atoms with E-state index >= 15 is 0 Å². The molecule has 1 rings (SSSR count). The normalized spacial score (nSPS) is 10.7. The summed E-state index contributed by atoms with van der Waals surface area (Å²) in [4.78, 5) is 0. The summed E-state index contributed by atoms with van der Waals surface area (Å²) in [5.74, 6) is 0. The summed E-state index contributed by atoms with van der Waals surface area (Å²) in [5, 5.41) is 0. The summed E-state index contributed by atoms with van der Waals surface area (Å²) in [7, 11) is 0. The first-order valence-electron chi connectivity index (χ1n) is 8.50. The third-order valence-corrected chi connectivity index (χ3v) is 3.99. The molecule has 0 heterocycles. The van der Waals surface area contributed by atoms with E-state index in [1.165, 1.54) is 76.2 Å². The smallest absolute Gasteiger partial charge is 0.0256 e. The van der Waals surface area contributed by atoms with Crippen molar-refractivity contribution in [3.63, 3.8) is 0 Å². The second kappa shape index (κ2) is 11.8. The second-order valence-electron chi connectivity index (χ2n) is 5.84. The molecule has 0 nitrogen and oxygen atoms in total. The van der Waals surface area contributed by atoms with E-state index in [1.54, 1.807) is 6.08 Å². The van der Waals surface area contributed by atoms with Gasteiger partial charge >= 0.3 is 0 Å². The Labute approximate surface area is 126 Å². The van der Waals surface area contributed by atoms with Gasteiger partial charge in [-0.15, -0.1) is 0 Å². The van der Waals surface area contributed by atoms with Gasteiger partial charge in [0.25, 0.3) is 0 Å². The predicted molar refractivity (Wildman–Crippen MR) is 90.8 cm³/mol. The lowest BCUT2D eigenvalue weighted by Gasteiger charge is -2.03. The molecule has 0 unspecified atom stereocenters. The highest BCUT2D eigenvalue weighted by molar-refractivity contribution is 5.45. The topological polar surface area (TPSA) is 0 Å². The number of benzene rings is 1. The second-order valence-corrected chi connectivity index (χ2v) is 5.84. The lowest BCUT2D eigenvalue weighted by Crippen LogP contribution is -1.87. The van der Waals surface area contributed by atoms with Crippen molar-refractivity contribution in [3.05, 3.63) is 42.0 Å². The Kier molecular flexibility index (Phi) is 10.0. The molecule has 1 aromatic rings. The molecular formula is C20H31. The molecule has 0 aliphatic rings.